The first kappa shape index (κ1) is 15.0. The first-order valence-electron chi connectivity index (χ1n) is 8.03. The van der Waals surface area contributed by atoms with Crippen molar-refractivity contribution in [2.24, 2.45) is 17.8 Å². The third kappa shape index (κ3) is 2.40. The second-order valence-corrected chi connectivity index (χ2v) is 9.50. The van der Waals surface area contributed by atoms with E-state index in [0.717, 1.165) is 37.7 Å². The van der Waals surface area contributed by atoms with Crippen LogP contribution in [0.25, 0.3) is 0 Å². The molecule has 0 radical (unpaired) electrons. The quantitative estimate of drug-likeness (QED) is 0.619. The minimum Gasteiger partial charge on any atom is -0.260 e. The molecule has 1 aromatic rings. The van der Waals surface area contributed by atoms with Crippen molar-refractivity contribution in [3.8, 4) is 0 Å². The molecule has 1 aromatic carbocycles. The van der Waals surface area contributed by atoms with E-state index in [9.17, 15) is 8.42 Å². The summed E-state index contributed by atoms with van der Waals surface area (Å²) in [6.07, 6.45) is 4.73. The van der Waals surface area contributed by atoms with Crippen molar-refractivity contribution in [1.82, 2.24) is 0 Å². The Morgan fingerprint density at radius 1 is 1.09 bits per heavy atom. The van der Waals surface area contributed by atoms with Crippen LogP contribution in [-0.2, 0) is 14.3 Å². The van der Waals surface area contributed by atoms with Gasteiger partial charge in [0.25, 0.3) is 10.1 Å². The summed E-state index contributed by atoms with van der Waals surface area (Å²) >= 11 is 6.53. The maximum absolute atomic E-state index is 12.7. The standard InChI is InChI=1S/C17H21ClO3S/c1-11-2-4-15(5-3-11)22(19,20)21-17-8-12-6-13(9-17)16(18)14(7-12)10-17/h2-5,12-14,16H,6-10H2,1H3. The van der Waals surface area contributed by atoms with E-state index in [1.54, 1.807) is 12.1 Å². The molecule has 0 amide bonds. The second kappa shape index (κ2) is 4.96. The summed E-state index contributed by atoms with van der Waals surface area (Å²) in [5, 5.41) is 0.204. The second-order valence-electron chi connectivity index (χ2n) is 7.45. The fourth-order valence-electron chi connectivity index (χ4n) is 4.98. The molecule has 0 saturated heterocycles. The molecule has 0 spiro atoms. The zero-order valence-corrected chi connectivity index (χ0v) is 14.2. The molecule has 120 valence electrons. The number of rotatable bonds is 3. The van der Waals surface area contributed by atoms with E-state index in [1.807, 2.05) is 19.1 Å². The molecular weight excluding hydrogens is 320 g/mol. The summed E-state index contributed by atoms with van der Waals surface area (Å²) in [4.78, 5) is 0.260. The maximum atomic E-state index is 12.7. The van der Waals surface area contributed by atoms with Crippen LogP contribution in [0.4, 0.5) is 0 Å². The molecular formula is C17H21ClO3S. The van der Waals surface area contributed by atoms with Gasteiger partial charge in [-0.05, 0) is 68.9 Å². The number of alkyl halides is 1. The molecule has 4 aliphatic carbocycles. The average Bonchev–Trinajstić information content (AvgIpc) is 2.43. The molecule has 4 fully saturated rings. The van der Waals surface area contributed by atoms with Gasteiger partial charge in [-0.25, -0.2) is 0 Å². The lowest BCUT2D eigenvalue weighted by Crippen LogP contribution is -2.57. The lowest BCUT2D eigenvalue weighted by Gasteiger charge is -2.57. The van der Waals surface area contributed by atoms with Crippen molar-refractivity contribution in [2.75, 3.05) is 0 Å². The summed E-state index contributed by atoms with van der Waals surface area (Å²) in [6.45, 7) is 1.94. The minimum atomic E-state index is -3.70. The topological polar surface area (TPSA) is 43.4 Å². The van der Waals surface area contributed by atoms with Crippen molar-refractivity contribution in [2.45, 2.75) is 54.9 Å². The first-order chi connectivity index (χ1) is 10.4. The van der Waals surface area contributed by atoms with Gasteiger partial charge >= 0.3 is 0 Å². The predicted octanol–water partition coefficient (Wildman–Crippen LogP) is 3.89. The Kier molecular flexibility index (Phi) is 3.37. The number of halogens is 1. The summed E-state index contributed by atoms with van der Waals surface area (Å²) in [7, 11) is -3.70. The molecule has 22 heavy (non-hydrogen) atoms. The van der Waals surface area contributed by atoms with Crippen LogP contribution in [0, 0.1) is 24.7 Å². The van der Waals surface area contributed by atoms with Crippen molar-refractivity contribution < 1.29 is 12.6 Å². The van der Waals surface area contributed by atoms with Crippen LogP contribution in [0.15, 0.2) is 29.2 Å². The normalized spacial score (nSPS) is 40.1. The highest BCUT2D eigenvalue weighted by molar-refractivity contribution is 7.86. The summed E-state index contributed by atoms with van der Waals surface area (Å²) in [5.41, 5.74) is 0.532. The molecule has 4 aliphatic rings. The Bertz CT molecular complexity index is 666. The van der Waals surface area contributed by atoms with E-state index >= 15 is 0 Å². The van der Waals surface area contributed by atoms with E-state index in [1.165, 1.54) is 0 Å². The van der Waals surface area contributed by atoms with Crippen LogP contribution in [0.5, 0.6) is 0 Å². The highest BCUT2D eigenvalue weighted by Gasteiger charge is 2.57. The van der Waals surface area contributed by atoms with Gasteiger partial charge in [0.1, 0.15) is 0 Å². The average molecular weight is 341 g/mol. The number of benzene rings is 1. The molecule has 0 heterocycles. The van der Waals surface area contributed by atoms with Gasteiger partial charge in [-0.2, -0.15) is 8.42 Å². The Morgan fingerprint density at radius 2 is 1.68 bits per heavy atom. The van der Waals surface area contributed by atoms with E-state index in [-0.39, 0.29) is 10.3 Å². The molecule has 5 heteroatoms. The fraction of sp³-hybridized carbons (Fsp3) is 0.647. The van der Waals surface area contributed by atoms with Crippen molar-refractivity contribution in [3.63, 3.8) is 0 Å². The highest BCUT2D eigenvalue weighted by atomic mass is 35.5. The monoisotopic (exact) mass is 340 g/mol. The van der Waals surface area contributed by atoms with Gasteiger partial charge in [-0.3, -0.25) is 4.18 Å². The number of hydrogen-bond acceptors (Lipinski definition) is 3. The number of aryl methyl sites for hydroxylation is 1. The van der Waals surface area contributed by atoms with Gasteiger partial charge in [0.2, 0.25) is 0 Å². The molecule has 4 saturated carbocycles. The van der Waals surface area contributed by atoms with E-state index in [0.29, 0.717) is 17.8 Å². The summed E-state index contributed by atoms with van der Waals surface area (Å²) < 4.78 is 31.1. The van der Waals surface area contributed by atoms with Crippen molar-refractivity contribution >= 4 is 21.7 Å². The molecule has 0 aliphatic heterocycles. The van der Waals surface area contributed by atoms with Crippen LogP contribution in [0.1, 0.15) is 37.7 Å². The molecule has 5 rings (SSSR count). The third-order valence-electron chi connectivity index (χ3n) is 5.70. The molecule has 2 unspecified atom stereocenters. The van der Waals surface area contributed by atoms with Crippen LogP contribution in [0.3, 0.4) is 0 Å². The maximum Gasteiger partial charge on any atom is 0.297 e. The lowest BCUT2D eigenvalue weighted by atomic mass is 9.54. The third-order valence-corrected chi connectivity index (χ3v) is 7.83. The molecule has 2 atom stereocenters. The predicted molar refractivity (Wildman–Crippen MR) is 85.4 cm³/mol. The SMILES string of the molecule is Cc1ccc(S(=O)(=O)OC23CC4CC(C2)C(Cl)C(C4)C3)cc1. The highest BCUT2D eigenvalue weighted by Crippen LogP contribution is 2.59. The Morgan fingerprint density at radius 3 is 2.27 bits per heavy atom. The lowest BCUT2D eigenvalue weighted by molar-refractivity contribution is -0.101. The molecule has 0 aromatic heterocycles. The van der Waals surface area contributed by atoms with Gasteiger partial charge in [0.05, 0.1) is 10.5 Å². The van der Waals surface area contributed by atoms with Gasteiger partial charge in [0.15, 0.2) is 0 Å². The first-order valence-corrected chi connectivity index (χ1v) is 9.88. The van der Waals surface area contributed by atoms with Gasteiger partial charge in [-0.15, -0.1) is 11.6 Å². The van der Waals surface area contributed by atoms with Gasteiger partial charge in [-0.1, -0.05) is 17.7 Å². The Hall–Kier alpha value is -0.580. The van der Waals surface area contributed by atoms with Crippen LogP contribution in [0.2, 0.25) is 0 Å². The van der Waals surface area contributed by atoms with Crippen LogP contribution < -0.4 is 0 Å². The summed E-state index contributed by atoms with van der Waals surface area (Å²) in [5.74, 6) is 1.42. The van der Waals surface area contributed by atoms with E-state index < -0.39 is 15.7 Å². The van der Waals surface area contributed by atoms with Crippen LogP contribution in [-0.4, -0.2) is 19.4 Å². The van der Waals surface area contributed by atoms with Crippen molar-refractivity contribution in [3.05, 3.63) is 29.8 Å². The van der Waals surface area contributed by atoms with Crippen LogP contribution >= 0.6 is 11.6 Å². The van der Waals surface area contributed by atoms with E-state index in [2.05, 4.69) is 0 Å². The molecule has 3 nitrogen and oxygen atoms in total. The fourth-order valence-corrected chi connectivity index (χ4v) is 6.59. The largest absolute Gasteiger partial charge is 0.297 e. The smallest absolute Gasteiger partial charge is 0.260 e. The zero-order chi connectivity index (χ0) is 15.5. The minimum absolute atomic E-state index is 0.204. The Balaban J connectivity index is 1.62. The van der Waals surface area contributed by atoms with Gasteiger partial charge in [0, 0.05) is 5.38 Å². The molecule has 4 bridgehead atoms. The Labute approximate surface area is 137 Å². The van der Waals surface area contributed by atoms with E-state index in [4.69, 9.17) is 15.8 Å². The van der Waals surface area contributed by atoms with Crippen molar-refractivity contribution in [1.29, 1.82) is 0 Å². The summed E-state index contributed by atoms with van der Waals surface area (Å²) in [6, 6.07) is 6.89. The number of hydrogen-bond donors (Lipinski definition) is 0. The van der Waals surface area contributed by atoms with Gasteiger partial charge < -0.3 is 0 Å². The molecule has 0 N–H and O–H groups in total. The zero-order valence-electron chi connectivity index (χ0n) is 12.7.